The van der Waals surface area contributed by atoms with Crippen molar-refractivity contribution in [3.8, 4) is 5.75 Å². The van der Waals surface area contributed by atoms with E-state index in [4.69, 9.17) is 9.84 Å². The highest BCUT2D eigenvalue weighted by atomic mass is 19.4. The van der Waals surface area contributed by atoms with Gasteiger partial charge in [-0.05, 0) is 13.8 Å². The average molecular weight is 303 g/mol. The van der Waals surface area contributed by atoms with Crippen LogP contribution in [0.2, 0.25) is 0 Å². The van der Waals surface area contributed by atoms with Crippen LogP contribution < -0.4 is 4.74 Å². The fraction of sp³-hybridized carbons (Fsp3) is 0.417. The third-order valence-electron chi connectivity index (χ3n) is 2.97. The van der Waals surface area contributed by atoms with E-state index in [9.17, 15) is 18.0 Å². The Labute approximate surface area is 117 Å². The minimum absolute atomic E-state index is 0.161. The number of fused-ring (bicyclic) bond motifs is 1. The zero-order valence-electron chi connectivity index (χ0n) is 11.4. The van der Waals surface area contributed by atoms with Gasteiger partial charge in [-0.25, -0.2) is 9.78 Å². The van der Waals surface area contributed by atoms with Crippen molar-refractivity contribution in [1.29, 1.82) is 0 Å². The number of aromatic carboxylic acids is 1. The van der Waals surface area contributed by atoms with Gasteiger partial charge < -0.3 is 9.84 Å². The summed E-state index contributed by atoms with van der Waals surface area (Å²) in [5, 5.41) is 13.3. The molecule has 0 saturated carbocycles. The van der Waals surface area contributed by atoms with Crippen molar-refractivity contribution in [2.24, 2.45) is 7.05 Å². The van der Waals surface area contributed by atoms with E-state index in [0.29, 0.717) is 5.69 Å². The summed E-state index contributed by atoms with van der Waals surface area (Å²) >= 11 is 0. The van der Waals surface area contributed by atoms with Crippen LogP contribution in [0.3, 0.4) is 0 Å². The van der Waals surface area contributed by atoms with Gasteiger partial charge in [0.1, 0.15) is 11.3 Å². The lowest BCUT2D eigenvalue weighted by atomic mass is 10.1. The molecule has 1 unspecified atom stereocenters. The van der Waals surface area contributed by atoms with E-state index in [1.54, 1.807) is 14.0 Å². The SMILES string of the molecule is Cc1nn(C)c2ncc(C(=O)O)c(OC(C)C(F)(F)F)c12. The number of hydrogen-bond acceptors (Lipinski definition) is 4. The van der Waals surface area contributed by atoms with Crippen molar-refractivity contribution in [3.63, 3.8) is 0 Å². The number of halogens is 3. The Morgan fingerprint density at radius 1 is 1.48 bits per heavy atom. The Morgan fingerprint density at radius 2 is 2.10 bits per heavy atom. The fourth-order valence-electron chi connectivity index (χ4n) is 1.90. The number of rotatable bonds is 3. The lowest BCUT2D eigenvalue weighted by Crippen LogP contribution is -2.31. The predicted octanol–water partition coefficient (Wildman–Crippen LogP) is 2.30. The Morgan fingerprint density at radius 3 is 2.62 bits per heavy atom. The van der Waals surface area contributed by atoms with E-state index in [-0.39, 0.29) is 16.8 Å². The third-order valence-corrected chi connectivity index (χ3v) is 2.97. The smallest absolute Gasteiger partial charge is 0.425 e. The second-order valence-corrected chi connectivity index (χ2v) is 4.52. The van der Waals surface area contributed by atoms with Gasteiger partial charge in [0.15, 0.2) is 11.8 Å². The van der Waals surface area contributed by atoms with E-state index in [0.717, 1.165) is 13.1 Å². The molecule has 2 aromatic heterocycles. The molecule has 0 radical (unpaired) electrons. The molecule has 21 heavy (non-hydrogen) atoms. The first-order chi connectivity index (χ1) is 9.62. The van der Waals surface area contributed by atoms with E-state index in [1.807, 2.05) is 0 Å². The number of carboxylic acid groups (broad SMARTS) is 1. The molecule has 0 saturated heterocycles. The zero-order valence-corrected chi connectivity index (χ0v) is 11.4. The quantitative estimate of drug-likeness (QED) is 0.941. The summed E-state index contributed by atoms with van der Waals surface area (Å²) < 4.78 is 44.2. The molecule has 0 aromatic carbocycles. The molecule has 0 spiro atoms. The molecule has 9 heteroatoms. The molecule has 2 heterocycles. The lowest BCUT2D eigenvalue weighted by Gasteiger charge is -2.19. The second kappa shape index (κ2) is 4.90. The molecule has 1 atom stereocenters. The maximum Gasteiger partial charge on any atom is 0.425 e. The number of carboxylic acids is 1. The third kappa shape index (κ3) is 2.63. The number of nitrogens with zero attached hydrogens (tertiary/aromatic N) is 3. The van der Waals surface area contributed by atoms with E-state index < -0.39 is 23.8 Å². The number of hydrogen-bond donors (Lipinski definition) is 1. The van der Waals surface area contributed by atoms with E-state index in [2.05, 4.69) is 10.1 Å². The number of alkyl halides is 3. The molecular weight excluding hydrogens is 291 g/mol. The Bertz CT molecular complexity index is 709. The molecule has 0 aliphatic rings. The summed E-state index contributed by atoms with van der Waals surface area (Å²) in [5.74, 6) is -1.79. The number of aromatic nitrogens is 3. The van der Waals surface area contributed by atoms with Gasteiger partial charge in [-0.3, -0.25) is 4.68 Å². The summed E-state index contributed by atoms with van der Waals surface area (Å²) in [5.41, 5.74) is 0.157. The number of aryl methyl sites for hydroxylation is 2. The Balaban J connectivity index is 2.68. The normalized spacial score (nSPS) is 13.4. The van der Waals surface area contributed by atoms with E-state index >= 15 is 0 Å². The highest BCUT2D eigenvalue weighted by Gasteiger charge is 2.39. The molecule has 0 fully saturated rings. The summed E-state index contributed by atoms with van der Waals surface area (Å²) in [6, 6.07) is 0. The van der Waals surface area contributed by atoms with Crippen LogP contribution in [-0.4, -0.2) is 38.1 Å². The summed E-state index contributed by atoms with van der Waals surface area (Å²) in [6.45, 7) is 2.35. The monoisotopic (exact) mass is 303 g/mol. The minimum atomic E-state index is -4.61. The molecule has 2 rings (SSSR count). The molecule has 1 N–H and O–H groups in total. The topological polar surface area (TPSA) is 77.2 Å². The van der Waals surface area contributed by atoms with Crippen molar-refractivity contribution in [1.82, 2.24) is 14.8 Å². The van der Waals surface area contributed by atoms with Gasteiger partial charge in [0.05, 0.1) is 11.1 Å². The van der Waals surface area contributed by atoms with Crippen LogP contribution in [0.15, 0.2) is 6.20 Å². The molecular formula is C12H12F3N3O3. The minimum Gasteiger partial charge on any atom is -0.479 e. The molecule has 0 bridgehead atoms. The standard InChI is InChI=1S/C12H12F3N3O3/c1-5-8-9(21-6(2)12(13,14)15)7(11(19)20)4-16-10(8)18(3)17-5/h4,6H,1-3H3,(H,19,20). The van der Waals surface area contributed by atoms with Gasteiger partial charge in [-0.15, -0.1) is 0 Å². The summed E-state index contributed by atoms with van der Waals surface area (Å²) in [6.07, 6.45) is -5.80. The van der Waals surface area contributed by atoms with Gasteiger partial charge in [-0.2, -0.15) is 18.3 Å². The Hall–Kier alpha value is -2.32. The maximum absolute atomic E-state index is 12.7. The van der Waals surface area contributed by atoms with Gasteiger partial charge in [0, 0.05) is 13.2 Å². The van der Waals surface area contributed by atoms with Gasteiger partial charge >= 0.3 is 12.1 Å². The first kappa shape index (κ1) is 15.1. The fourth-order valence-corrected chi connectivity index (χ4v) is 1.90. The van der Waals surface area contributed by atoms with Crippen LogP contribution in [0.25, 0.3) is 11.0 Å². The van der Waals surface area contributed by atoms with Crippen molar-refractivity contribution in [3.05, 3.63) is 17.5 Å². The van der Waals surface area contributed by atoms with Crippen LogP contribution in [0.1, 0.15) is 23.0 Å². The van der Waals surface area contributed by atoms with Crippen LogP contribution in [0.5, 0.6) is 5.75 Å². The van der Waals surface area contributed by atoms with Crippen molar-refractivity contribution in [2.75, 3.05) is 0 Å². The van der Waals surface area contributed by atoms with Crippen molar-refractivity contribution < 1.29 is 27.8 Å². The van der Waals surface area contributed by atoms with Crippen LogP contribution in [-0.2, 0) is 7.05 Å². The largest absolute Gasteiger partial charge is 0.479 e. The lowest BCUT2D eigenvalue weighted by molar-refractivity contribution is -0.189. The van der Waals surface area contributed by atoms with Crippen molar-refractivity contribution in [2.45, 2.75) is 26.1 Å². The van der Waals surface area contributed by atoms with Crippen LogP contribution in [0.4, 0.5) is 13.2 Å². The van der Waals surface area contributed by atoms with Crippen LogP contribution >= 0.6 is 0 Å². The maximum atomic E-state index is 12.7. The molecule has 2 aromatic rings. The predicted molar refractivity (Wildman–Crippen MR) is 66.4 cm³/mol. The molecule has 0 amide bonds. The molecule has 114 valence electrons. The molecule has 0 aliphatic heterocycles. The van der Waals surface area contributed by atoms with Crippen LogP contribution in [0, 0.1) is 6.92 Å². The van der Waals surface area contributed by atoms with Gasteiger partial charge in [-0.1, -0.05) is 0 Å². The summed E-state index contributed by atoms with van der Waals surface area (Å²) in [4.78, 5) is 15.1. The molecule has 0 aliphatic carbocycles. The number of carbonyl (C=O) groups is 1. The van der Waals surface area contributed by atoms with Crippen molar-refractivity contribution >= 4 is 17.0 Å². The highest BCUT2D eigenvalue weighted by molar-refractivity contribution is 5.98. The zero-order chi connectivity index (χ0) is 15.9. The summed E-state index contributed by atoms with van der Waals surface area (Å²) in [7, 11) is 1.56. The Kier molecular flexibility index (Phi) is 3.52. The first-order valence-corrected chi connectivity index (χ1v) is 5.92. The molecule has 6 nitrogen and oxygen atoms in total. The highest BCUT2D eigenvalue weighted by Crippen LogP contribution is 2.34. The van der Waals surface area contributed by atoms with Gasteiger partial charge in [0.2, 0.25) is 0 Å². The average Bonchev–Trinajstić information content (AvgIpc) is 2.64. The number of pyridine rings is 1. The first-order valence-electron chi connectivity index (χ1n) is 5.92. The van der Waals surface area contributed by atoms with Gasteiger partial charge in [0.25, 0.3) is 0 Å². The second-order valence-electron chi connectivity index (χ2n) is 4.52. The number of ether oxygens (including phenoxy) is 1. The van der Waals surface area contributed by atoms with E-state index in [1.165, 1.54) is 4.68 Å².